The van der Waals surface area contributed by atoms with Crippen LogP contribution in [-0.2, 0) is 0 Å². The Kier molecular flexibility index (Phi) is 2.60. The van der Waals surface area contributed by atoms with E-state index in [2.05, 4.69) is 4.98 Å². The summed E-state index contributed by atoms with van der Waals surface area (Å²) in [7, 11) is 0. The van der Waals surface area contributed by atoms with Crippen molar-refractivity contribution in [2.75, 3.05) is 0 Å². The SMILES string of the molecule is Cc1ccc(C(=O)c2nccs2)cc1F. The maximum atomic E-state index is 13.2. The summed E-state index contributed by atoms with van der Waals surface area (Å²) in [6.07, 6.45) is 1.56. The van der Waals surface area contributed by atoms with Gasteiger partial charge in [0.05, 0.1) is 0 Å². The quantitative estimate of drug-likeness (QED) is 0.730. The summed E-state index contributed by atoms with van der Waals surface area (Å²) in [5, 5.41) is 2.11. The average molecular weight is 221 g/mol. The number of carbonyl (C=O) groups is 1. The number of rotatable bonds is 2. The van der Waals surface area contributed by atoms with Crippen LogP contribution >= 0.6 is 11.3 Å². The van der Waals surface area contributed by atoms with E-state index in [1.165, 1.54) is 17.4 Å². The highest BCUT2D eigenvalue weighted by atomic mass is 32.1. The van der Waals surface area contributed by atoms with Crippen LogP contribution in [0.25, 0.3) is 0 Å². The normalized spacial score (nSPS) is 10.3. The van der Waals surface area contributed by atoms with Gasteiger partial charge in [-0.15, -0.1) is 11.3 Å². The molecule has 0 aliphatic heterocycles. The number of carbonyl (C=O) groups excluding carboxylic acids is 1. The number of hydrogen-bond acceptors (Lipinski definition) is 3. The minimum Gasteiger partial charge on any atom is -0.286 e. The number of aryl methyl sites for hydroxylation is 1. The fourth-order valence-electron chi connectivity index (χ4n) is 1.19. The van der Waals surface area contributed by atoms with Crippen LogP contribution in [0.2, 0.25) is 0 Å². The molecular formula is C11H8FNOS. The molecule has 1 aromatic carbocycles. The fraction of sp³-hybridized carbons (Fsp3) is 0.0909. The van der Waals surface area contributed by atoms with Crippen molar-refractivity contribution < 1.29 is 9.18 Å². The Bertz CT molecular complexity index is 493. The molecule has 2 nitrogen and oxygen atoms in total. The molecule has 15 heavy (non-hydrogen) atoms. The summed E-state index contributed by atoms with van der Waals surface area (Å²) in [4.78, 5) is 15.6. The highest BCUT2D eigenvalue weighted by molar-refractivity contribution is 7.11. The first-order chi connectivity index (χ1) is 7.18. The summed E-state index contributed by atoms with van der Waals surface area (Å²) in [6.45, 7) is 1.66. The Morgan fingerprint density at radius 3 is 2.87 bits per heavy atom. The summed E-state index contributed by atoms with van der Waals surface area (Å²) in [5.74, 6) is -0.596. The van der Waals surface area contributed by atoms with Gasteiger partial charge in [-0.2, -0.15) is 0 Å². The van der Waals surface area contributed by atoms with Crippen molar-refractivity contribution in [1.82, 2.24) is 4.98 Å². The zero-order valence-electron chi connectivity index (χ0n) is 8.03. The van der Waals surface area contributed by atoms with Gasteiger partial charge in [0, 0.05) is 17.1 Å². The second-order valence-corrected chi connectivity index (χ2v) is 4.02. The molecule has 0 spiro atoms. The van der Waals surface area contributed by atoms with E-state index in [0.29, 0.717) is 16.1 Å². The lowest BCUT2D eigenvalue weighted by atomic mass is 10.1. The van der Waals surface area contributed by atoms with E-state index < -0.39 is 0 Å². The van der Waals surface area contributed by atoms with Crippen LogP contribution in [0.5, 0.6) is 0 Å². The maximum absolute atomic E-state index is 13.2. The van der Waals surface area contributed by atoms with Crippen molar-refractivity contribution in [1.29, 1.82) is 0 Å². The van der Waals surface area contributed by atoms with Crippen molar-refractivity contribution in [3.63, 3.8) is 0 Å². The van der Waals surface area contributed by atoms with Crippen LogP contribution < -0.4 is 0 Å². The van der Waals surface area contributed by atoms with Gasteiger partial charge in [-0.1, -0.05) is 12.1 Å². The van der Waals surface area contributed by atoms with Crippen LogP contribution in [0.15, 0.2) is 29.8 Å². The van der Waals surface area contributed by atoms with Gasteiger partial charge in [0.2, 0.25) is 5.78 Å². The van der Waals surface area contributed by atoms with Gasteiger partial charge in [0.1, 0.15) is 5.82 Å². The molecule has 0 saturated heterocycles. The number of halogens is 1. The van der Waals surface area contributed by atoms with Crippen LogP contribution in [0, 0.1) is 12.7 Å². The molecular weight excluding hydrogens is 213 g/mol. The third-order valence-corrected chi connectivity index (χ3v) is 2.83. The van der Waals surface area contributed by atoms with E-state index in [4.69, 9.17) is 0 Å². The molecule has 2 rings (SSSR count). The van der Waals surface area contributed by atoms with E-state index in [-0.39, 0.29) is 11.6 Å². The van der Waals surface area contributed by atoms with Gasteiger partial charge in [0.15, 0.2) is 5.01 Å². The molecule has 4 heteroatoms. The first-order valence-electron chi connectivity index (χ1n) is 4.39. The molecule has 0 N–H and O–H groups in total. The number of benzene rings is 1. The van der Waals surface area contributed by atoms with Crippen molar-refractivity contribution in [3.8, 4) is 0 Å². The van der Waals surface area contributed by atoms with Gasteiger partial charge in [0.25, 0.3) is 0 Å². The predicted octanol–water partition coefficient (Wildman–Crippen LogP) is 2.82. The molecule has 0 saturated carbocycles. The molecule has 0 amide bonds. The molecule has 2 aromatic rings. The minimum absolute atomic E-state index is 0.232. The van der Waals surface area contributed by atoms with Crippen LogP contribution in [-0.4, -0.2) is 10.8 Å². The number of ketones is 1. The predicted molar refractivity (Wildman–Crippen MR) is 56.7 cm³/mol. The smallest absolute Gasteiger partial charge is 0.221 e. The lowest BCUT2D eigenvalue weighted by molar-refractivity contribution is 0.103. The van der Waals surface area contributed by atoms with E-state index >= 15 is 0 Å². The van der Waals surface area contributed by atoms with Crippen molar-refractivity contribution in [3.05, 3.63) is 51.7 Å². The zero-order valence-corrected chi connectivity index (χ0v) is 8.84. The molecule has 0 radical (unpaired) electrons. The van der Waals surface area contributed by atoms with Gasteiger partial charge in [-0.3, -0.25) is 4.79 Å². The lowest BCUT2D eigenvalue weighted by Crippen LogP contribution is -2.01. The monoisotopic (exact) mass is 221 g/mol. The molecule has 0 aliphatic rings. The molecule has 0 bridgehead atoms. The Labute approximate surface area is 90.4 Å². The standard InChI is InChI=1S/C11H8FNOS/c1-7-2-3-8(6-9(7)12)10(14)11-13-4-5-15-11/h2-6H,1H3. The van der Waals surface area contributed by atoms with Gasteiger partial charge >= 0.3 is 0 Å². The van der Waals surface area contributed by atoms with Gasteiger partial charge in [-0.05, 0) is 18.6 Å². The Hall–Kier alpha value is -1.55. The fourth-order valence-corrected chi connectivity index (χ4v) is 1.79. The number of thiazole rings is 1. The number of aromatic nitrogens is 1. The molecule has 0 aliphatic carbocycles. The van der Waals surface area contributed by atoms with Crippen molar-refractivity contribution >= 4 is 17.1 Å². The molecule has 76 valence electrons. The van der Waals surface area contributed by atoms with Crippen LogP contribution in [0.3, 0.4) is 0 Å². The van der Waals surface area contributed by atoms with Gasteiger partial charge in [-0.25, -0.2) is 9.37 Å². The molecule has 0 fully saturated rings. The third-order valence-electron chi connectivity index (χ3n) is 2.06. The zero-order chi connectivity index (χ0) is 10.8. The first kappa shape index (κ1) is 9.98. The highest BCUT2D eigenvalue weighted by Gasteiger charge is 2.12. The van der Waals surface area contributed by atoms with Crippen LogP contribution in [0.4, 0.5) is 4.39 Å². The molecule has 0 unspecified atom stereocenters. The summed E-state index contributed by atoms with van der Waals surface area (Å²) in [6, 6.07) is 4.46. The average Bonchev–Trinajstić information content (AvgIpc) is 2.74. The molecule has 1 heterocycles. The van der Waals surface area contributed by atoms with Crippen LogP contribution in [0.1, 0.15) is 20.9 Å². The molecule has 0 atom stereocenters. The van der Waals surface area contributed by atoms with E-state index in [9.17, 15) is 9.18 Å². The third kappa shape index (κ3) is 1.94. The second kappa shape index (κ2) is 3.90. The Morgan fingerprint density at radius 1 is 1.47 bits per heavy atom. The van der Waals surface area contributed by atoms with E-state index in [1.807, 2.05) is 0 Å². The highest BCUT2D eigenvalue weighted by Crippen LogP contribution is 2.15. The molecule has 1 aromatic heterocycles. The minimum atomic E-state index is -0.364. The maximum Gasteiger partial charge on any atom is 0.221 e. The van der Waals surface area contributed by atoms with Crippen molar-refractivity contribution in [2.45, 2.75) is 6.92 Å². The van der Waals surface area contributed by atoms with E-state index in [1.54, 1.807) is 30.6 Å². The Morgan fingerprint density at radius 2 is 2.27 bits per heavy atom. The first-order valence-corrected chi connectivity index (χ1v) is 5.27. The lowest BCUT2D eigenvalue weighted by Gasteiger charge is -1.99. The topological polar surface area (TPSA) is 30.0 Å². The van der Waals surface area contributed by atoms with E-state index in [0.717, 1.165) is 0 Å². The van der Waals surface area contributed by atoms with Crippen molar-refractivity contribution in [2.24, 2.45) is 0 Å². The Balaban J connectivity index is 2.39. The summed E-state index contributed by atoms with van der Waals surface area (Å²) in [5.41, 5.74) is 0.874. The second-order valence-electron chi connectivity index (χ2n) is 3.13. The summed E-state index contributed by atoms with van der Waals surface area (Å²) < 4.78 is 13.2. The number of nitrogens with zero attached hydrogens (tertiary/aromatic N) is 1. The number of hydrogen-bond donors (Lipinski definition) is 0. The summed E-state index contributed by atoms with van der Waals surface area (Å²) >= 11 is 1.25. The largest absolute Gasteiger partial charge is 0.286 e. The van der Waals surface area contributed by atoms with Gasteiger partial charge < -0.3 is 0 Å².